The van der Waals surface area contributed by atoms with Gasteiger partial charge >= 0.3 is 0 Å². The van der Waals surface area contributed by atoms with E-state index < -0.39 is 0 Å². The minimum absolute atomic E-state index is 0.613. The Morgan fingerprint density at radius 3 is 3.00 bits per heavy atom. The summed E-state index contributed by atoms with van der Waals surface area (Å²) in [4.78, 5) is 5.16. The fourth-order valence-electron chi connectivity index (χ4n) is 1.00. The Morgan fingerprint density at radius 2 is 2.46 bits per heavy atom. The number of rotatable bonds is 2. The van der Waals surface area contributed by atoms with Gasteiger partial charge in [-0.25, -0.2) is 0 Å². The summed E-state index contributed by atoms with van der Waals surface area (Å²) in [6.45, 7) is 1.79. The molecule has 0 aromatic carbocycles. The van der Waals surface area contributed by atoms with Gasteiger partial charge in [-0.3, -0.25) is 0 Å². The summed E-state index contributed by atoms with van der Waals surface area (Å²) in [6.07, 6.45) is 0.622. The van der Waals surface area contributed by atoms with E-state index >= 15 is 0 Å². The van der Waals surface area contributed by atoms with E-state index in [4.69, 9.17) is 16.1 Å². The van der Waals surface area contributed by atoms with E-state index in [1.807, 2.05) is 11.4 Å². The van der Waals surface area contributed by atoms with E-state index in [1.165, 1.54) is 0 Å². The second-order valence-electron chi connectivity index (χ2n) is 2.60. The summed E-state index contributed by atoms with van der Waals surface area (Å²) in [5.41, 5.74) is 0. The Hall–Kier alpha value is -0.870. The fourth-order valence-corrected chi connectivity index (χ4v) is 2.09. The molecule has 0 aliphatic rings. The number of hydrogen-bond acceptors (Lipinski definition) is 4. The number of hydrogen-bond donors (Lipinski definition) is 0. The van der Waals surface area contributed by atoms with Gasteiger partial charge in [0.1, 0.15) is 0 Å². The van der Waals surface area contributed by atoms with Crippen molar-refractivity contribution in [3.05, 3.63) is 33.1 Å². The van der Waals surface area contributed by atoms with Crippen molar-refractivity contribution in [2.75, 3.05) is 0 Å². The van der Waals surface area contributed by atoms with Gasteiger partial charge in [0, 0.05) is 4.88 Å². The highest BCUT2D eigenvalue weighted by molar-refractivity contribution is 7.10. The lowest BCUT2D eigenvalue weighted by Crippen LogP contribution is -1.85. The molecule has 0 N–H and O–H groups in total. The van der Waals surface area contributed by atoms with Crippen LogP contribution in [0.4, 0.5) is 0 Å². The minimum atomic E-state index is 0.613. The van der Waals surface area contributed by atoms with Crippen molar-refractivity contribution in [1.82, 2.24) is 10.1 Å². The Kier molecular flexibility index (Phi) is 2.33. The van der Waals surface area contributed by atoms with E-state index in [9.17, 15) is 0 Å². The first-order chi connectivity index (χ1) is 6.25. The lowest BCUT2D eigenvalue weighted by atomic mass is 10.3. The van der Waals surface area contributed by atoms with Gasteiger partial charge in [0.15, 0.2) is 5.82 Å². The van der Waals surface area contributed by atoms with Crippen molar-refractivity contribution in [2.24, 2.45) is 0 Å². The normalized spacial score (nSPS) is 10.6. The summed E-state index contributed by atoms with van der Waals surface area (Å²) < 4.78 is 4.98. The van der Waals surface area contributed by atoms with Gasteiger partial charge in [0.25, 0.3) is 0 Å². The maximum absolute atomic E-state index is 5.92. The zero-order chi connectivity index (χ0) is 9.26. The number of nitrogens with zero attached hydrogens (tertiary/aromatic N) is 2. The van der Waals surface area contributed by atoms with Crippen LogP contribution in [0, 0.1) is 6.92 Å². The zero-order valence-electron chi connectivity index (χ0n) is 6.95. The summed E-state index contributed by atoms with van der Waals surface area (Å²) >= 11 is 7.51. The molecule has 0 atom stereocenters. The molecule has 2 rings (SSSR count). The molecular formula is C8H7ClN2OS. The van der Waals surface area contributed by atoms with Crippen LogP contribution < -0.4 is 0 Å². The number of thiophene rings is 1. The first kappa shape index (κ1) is 8.72. The van der Waals surface area contributed by atoms with Crippen LogP contribution in [0.3, 0.4) is 0 Å². The van der Waals surface area contributed by atoms with Crippen molar-refractivity contribution in [2.45, 2.75) is 13.3 Å². The van der Waals surface area contributed by atoms with Gasteiger partial charge in [-0.1, -0.05) is 16.8 Å². The topological polar surface area (TPSA) is 38.9 Å². The van der Waals surface area contributed by atoms with Crippen LogP contribution in [0.15, 0.2) is 16.0 Å². The van der Waals surface area contributed by atoms with Crippen LogP contribution in [-0.2, 0) is 6.42 Å². The molecule has 0 unspecified atom stereocenters. The summed E-state index contributed by atoms with van der Waals surface area (Å²) in [6, 6.07) is 1.87. The van der Waals surface area contributed by atoms with Gasteiger partial charge in [-0.05, 0) is 18.4 Å². The molecule has 5 heteroatoms. The lowest BCUT2D eigenvalue weighted by molar-refractivity contribution is 0.382. The van der Waals surface area contributed by atoms with Gasteiger partial charge in [-0.15, -0.1) is 11.3 Å². The Labute approximate surface area is 84.3 Å². The minimum Gasteiger partial charge on any atom is -0.339 e. The van der Waals surface area contributed by atoms with Crippen LogP contribution in [0.5, 0.6) is 0 Å². The van der Waals surface area contributed by atoms with Crippen LogP contribution >= 0.6 is 22.9 Å². The Bertz CT molecular complexity index is 410. The first-order valence-corrected chi connectivity index (χ1v) is 5.02. The zero-order valence-corrected chi connectivity index (χ0v) is 8.52. The first-order valence-electron chi connectivity index (χ1n) is 3.77. The molecule has 13 heavy (non-hydrogen) atoms. The molecule has 0 fully saturated rings. The molecule has 0 bridgehead atoms. The molecule has 2 aromatic rings. The SMILES string of the molecule is Cc1noc(Cc2sccc2Cl)n1. The molecule has 3 nitrogen and oxygen atoms in total. The van der Waals surface area contributed by atoms with Crippen molar-refractivity contribution in [3.63, 3.8) is 0 Å². The number of halogens is 1. The van der Waals surface area contributed by atoms with Gasteiger partial charge < -0.3 is 4.52 Å². The van der Waals surface area contributed by atoms with Crippen molar-refractivity contribution in [3.8, 4) is 0 Å². The Morgan fingerprint density at radius 1 is 1.62 bits per heavy atom. The fraction of sp³-hybridized carbons (Fsp3) is 0.250. The van der Waals surface area contributed by atoms with E-state index in [1.54, 1.807) is 18.3 Å². The number of aryl methyl sites for hydroxylation is 1. The predicted molar refractivity (Wildman–Crippen MR) is 51.2 cm³/mol. The van der Waals surface area contributed by atoms with E-state index in [0.29, 0.717) is 18.1 Å². The van der Waals surface area contributed by atoms with Crippen molar-refractivity contribution >= 4 is 22.9 Å². The van der Waals surface area contributed by atoms with E-state index in [0.717, 1.165) is 9.90 Å². The van der Waals surface area contributed by atoms with Gasteiger partial charge in [-0.2, -0.15) is 4.98 Å². The second-order valence-corrected chi connectivity index (χ2v) is 4.01. The van der Waals surface area contributed by atoms with Crippen LogP contribution in [-0.4, -0.2) is 10.1 Å². The highest BCUT2D eigenvalue weighted by Gasteiger charge is 2.08. The molecule has 0 saturated heterocycles. The molecule has 0 radical (unpaired) electrons. The van der Waals surface area contributed by atoms with E-state index in [-0.39, 0.29) is 0 Å². The summed E-state index contributed by atoms with van der Waals surface area (Å²) in [7, 11) is 0. The maximum Gasteiger partial charge on any atom is 0.231 e. The third kappa shape index (κ3) is 1.89. The number of aromatic nitrogens is 2. The smallest absolute Gasteiger partial charge is 0.231 e. The van der Waals surface area contributed by atoms with Gasteiger partial charge in [0.05, 0.1) is 11.4 Å². The van der Waals surface area contributed by atoms with Gasteiger partial charge in [0.2, 0.25) is 5.89 Å². The molecule has 2 heterocycles. The van der Waals surface area contributed by atoms with Crippen LogP contribution in [0.1, 0.15) is 16.6 Å². The monoisotopic (exact) mass is 214 g/mol. The molecular weight excluding hydrogens is 208 g/mol. The molecule has 0 spiro atoms. The van der Waals surface area contributed by atoms with Crippen molar-refractivity contribution < 1.29 is 4.52 Å². The average molecular weight is 215 g/mol. The summed E-state index contributed by atoms with van der Waals surface area (Å²) in [5.74, 6) is 1.27. The molecule has 0 aliphatic carbocycles. The molecule has 0 amide bonds. The second kappa shape index (κ2) is 3.47. The molecule has 2 aromatic heterocycles. The average Bonchev–Trinajstić information content (AvgIpc) is 2.64. The molecule has 0 saturated carbocycles. The van der Waals surface area contributed by atoms with E-state index in [2.05, 4.69) is 10.1 Å². The van der Waals surface area contributed by atoms with Crippen molar-refractivity contribution in [1.29, 1.82) is 0 Å². The predicted octanol–water partition coefficient (Wildman–Crippen LogP) is 2.68. The standard InChI is InChI=1S/C8H7ClN2OS/c1-5-10-8(12-11-5)4-7-6(9)2-3-13-7/h2-3H,4H2,1H3. The third-order valence-electron chi connectivity index (χ3n) is 1.57. The van der Waals surface area contributed by atoms with Crippen LogP contribution in [0.2, 0.25) is 5.02 Å². The Balaban J connectivity index is 2.19. The molecule has 0 aliphatic heterocycles. The third-order valence-corrected chi connectivity index (χ3v) is 2.96. The highest BCUT2D eigenvalue weighted by atomic mass is 35.5. The largest absolute Gasteiger partial charge is 0.339 e. The van der Waals surface area contributed by atoms with Crippen LogP contribution in [0.25, 0.3) is 0 Å². The highest BCUT2D eigenvalue weighted by Crippen LogP contribution is 2.24. The quantitative estimate of drug-likeness (QED) is 0.772. The maximum atomic E-state index is 5.92. The summed E-state index contributed by atoms with van der Waals surface area (Å²) in [5, 5.41) is 6.41. The molecule has 68 valence electrons. The lowest BCUT2D eigenvalue weighted by Gasteiger charge is -1.90.